The van der Waals surface area contributed by atoms with Gasteiger partial charge in [0.15, 0.2) is 0 Å². The van der Waals surface area contributed by atoms with Crippen molar-refractivity contribution in [3.05, 3.63) is 54.1 Å². The molecular weight excluding hydrogens is 242 g/mol. The summed E-state index contributed by atoms with van der Waals surface area (Å²) in [5, 5.41) is 12.9. The molecule has 3 heteroatoms. The number of hydrogen-bond acceptors (Lipinski definition) is 3. The van der Waals surface area contributed by atoms with Gasteiger partial charge in [-0.25, -0.2) is 0 Å². The van der Waals surface area contributed by atoms with Crippen LogP contribution < -0.4 is 5.32 Å². The molecule has 0 spiro atoms. The molecule has 2 N–H and O–H groups in total. The molecule has 94 valence electrons. The van der Waals surface area contributed by atoms with Crippen molar-refractivity contribution in [3.8, 4) is 5.75 Å². The molecule has 0 radical (unpaired) electrons. The van der Waals surface area contributed by atoms with Gasteiger partial charge in [0, 0.05) is 16.6 Å². The average Bonchev–Trinajstić information content (AvgIpc) is 2.39. The van der Waals surface area contributed by atoms with E-state index in [2.05, 4.69) is 42.8 Å². The zero-order chi connectivity index (χ0) is 13.0. The number of phenolic OH excluding ortho intramolecular Hbond substituents is 1. The first-order valence-corrected chi connectivity index (χ1v) is 7.11. The molecule has 0 aromatic heterocycles. The minimum absolute atomic E-state index is 0.164. The minimum atomic E-state index is 0.164. The van der Waals surface area contributed by atoms with Gasteiger partial charge in [0.1, 0.15) is 5.75 Å². The number of aromatic hydroxyl groups is 1. The van der Waals surface area contributed by atoms with E-state index in [-0.39, 0.29) is 6.04 Å². The van der Waals surface area contributed by atoms with Crippen LogP contribution in [0.25, 0.3) is 0 Å². The van der Waals surface area contributed by atoms with Crippen LogP contribution >= 0.6 is 11.8 Å². The van der Waals surface area contributed by atoms with Gasteiger partial charge in [0.25, 0.3) is 0 Å². The molecule has 0 aliphatic rings. The predicted octanol–water partition coefficient (Wildman–Crippen LogP) is 4.29. The highest BCUT2D eigenvalue weighted by Crippen LogP contribution is 2.23. The van der Waals surface area contributed by atoms with Crippen LogP contribution in [0.2, 0.25) is 0 Å². The highest BCUT2D eigenvalue weighted by atomic mass is 32.2. The van der Waals surface area contributed by atoms with Crippen molar-refractivity contribution in [1.82, 2.24) is 0 Å². The van der Waals surface area contributed by atoms with Crippen molar-refractivity contribution in [2.45, 2.75) is 17.9 Å². The summed E-state index contributed by atoms with van der Waals surface area (Å²) in [6.45, 7) is 2.08. The first-order chi connectivity index (χ1) is 8.69. The Morgan fingerprint density at radius 2 is 1.83 bits per heavy atom. The van der Waals surface area contributed by atoms with Gasteiger partial charge in [0.2, 0.25) is 0 Å². The molecule has 0 saturated heterocycles. The molecule has 0 amide bonds. The zero-order valence-electron chi connectivity index (χ0n) is 10.6. The van der Waals surface area contributed by atoms with Gasteiger partial charge in [-0.15, -0.1) is 11.8 Å². The first kappa shape index (κ1) is 12.8. The Morgan fingerprint density at radius 1 is 1.11 bits per heavy atom. The second-order valence-electron chi connectivity index (χ2n) is 4.19. The van der Waals surface area contributed by atoms with Crippen molar-refractivity contribution in [2.75, 3.05) is 11.6 Å². The summed E-state index contributed by atoms with van der Waals surface area (Å²) in [6.07, 6.45) is 2.07. The van der Waals surface area contributed by atoms with Gasteiger partial charge in [0.05, 0.1) is 0 Å². The van der Waals surface area contributed by atoms with E-state index >= 15 is 0 Å². The highest BCUT2D eigenvalue weighted by Gasteiger charge is 2.05. The fourth-order valence-corrected chi connectivity index (χ4v) is 2.22. The molecule has 0 heterocycles. The van der Waals surface area contributed by atoms with E-state index in [0.29, 0.717) is 5.75 Å². The standard InChI is InChI=1S/C15H17NOS/c1-11(12-4-3-5-14(17)10-12)16-13-6-8-15(18-2)9-7-13/h3-11,16-17H,1-2H3. The normalized spacial score (nSPS) is 12.1. The lowest BCUT2D eigenvalue weighted by molar-refractivity contribution is 0.474. The van der Waals surface area contributed by atoms with Gasteiger partial charge in [-0.05, 0) is 55.1 Å². The Morgan fingerprint density at radius 3 is 2.44 bits per heavy atom. The van der Waals surface area contributed by atoms with Crippen molar-refractivity contribution >= 4 is 17.4 Å². The fourth-order valence-electron chi connectivity index (χ4n) is 1.81. The summed E-state index contributed by atoms with van der Waals surface area (Å²) in [5.41, 5.74) is 2.16. The molecule has 2 aromatic carbocycles. The Labute approximate surface area is 112 Å². The SMILES string of the molecule is CSc1ccc(NC(C)c2cccc(O)c2)cc1. The fraction of sp³-hybridized carbons (Fsp3) is 0.200. The summed E-state index contributed by atoms with van der Waals surface area (Å²) in [5.74, 6) is 0.305. The summed E-state index contributed by atoms with van der Waals surface area (Å²) in [6, 6.07) is 15.8. The van der Waals surface area contributed by atoms with Crippen molar-refractivity contribution in [1.29, 1.82) is 0 Å². The van der Waals surface area contributed by atoms with Crippen LogP contribution in [0.15, 0.2) is 53.4 Å². The van der Waals surface area contributed by atoms with Crippen molar-refractivity contribution in [2.24, 2.45) is 0 Å². The Balaban J connectivity index is 2.08. The lowest BCUT2D eigenvalue weighted by atomic mass is 10.1. The van der Waals surface area contributed by atoms with E-state index in [1.54, 1.807) is 23.9 Å². The van der Waals surface area contributed by atoms with Crippen LogP contribution in [-0.2, 0) is 0 Å². The molecule has 0 aliphatic heterocycles. The minimum Gasteiger partial charge on any atom is -0.508 e. The molecule has 0 bridgehead atoms. The van der Waals surface area contributed by atoms with Crippen LogP contribution in [0.4, 0.5) is 5.69 Å². The Hall–Kier alpha value is -1.61. The monoisotopic (exact) mass is 259 g/mol. The maximum absolute atomic E-state index is 9.47. The largest absolute Gasteiger partial charge is 0.508 e. The molecule has 18 heavy (non-hydrogen) atoms. The van der Waals surface area contributed by atoms with Gasteiger partial charge >= 0.3 is 0 Å². The quantitative estimate of drug-likeness (QED) is 0.803. The molecule has 2 aromatic rings. The molecule has 1 atom stereocenters. The predicted molar refractivity (Wildman–Crippen MR) is 78.4 cm³/mol. The Kier molecular flexibility index (Phi) is 4.15. The van der Waals surface area contributed by atoms with E-state index < -0.39 is 0 Å². The molecule has 0 saturated carbocycles. The van der Waals surface area contributed by atoms with Gasteiger partial charge in [-0.2, -0.15) is 0 Å². The Bertz CT molecular complexity index is 510. The van der Waals surface area contributed by atoms with E-state index in [4.69, 9.17) is 0 Å². The van der Waals surface area contributed by atoms with Crippen LogP contribution in [-0.4, -0.2) is 11.4 Å². The van der Waals surface area contributed by atoms with Crippen LogP contribution in [0.3, 0.4) is 0 Å². The zero-order valence-corrected chi connectivity index (χ0v) is 11.4. The molecule has 2 rings (SSSR count). The highest BCUT2D eigenvalue weighted by molar-refractivity contribution is 7.98. The smallest absolute Gasteiger partial charge is 0.115 e. The summed E-state index contributed by atoms with van der Waals surface area (Å²) in [4.78, 5) is 1.26. The van der Waals surface area contributed by atoms with E-state index in [1.165, 1.54) is 4.90 Å². The van der Waals surface area contributed by atoms with Gasteiger partial charge < -0.3 is 10.4 Å². The lowest BCUT2D eigenvalue weighted by Crippen LogP contribution is -2.06. The molecule has 0 fully saturated rings. The molecule has 1 unspecified atom stereocenters. The third-order valence-electron chi connectivity index (χ3n) is 2.84. The topological polar surface area (TPSA) is 32.3 Å². The lowest BCUT2D eigenvalue weighted by Gasteiger charge is -2.16. The van der Waals surface area contributed by atoms with E-state index in [9.17, 15) is 5.11 Å². The number of thioether (sulfide) groups is 1. The maximum atomic E-state index is 9.47. The number of phenols is 1. The van der Waals surface area contributed by atoms with Crippen LogP contribution in [0, 0.1) is 0 Å². The number of hydrogen-bond donors (Lipinski definition) is 2. The van der Waals surface area contributed by atoms with Gasteiger partial charge in [-0.1, -0.05) is 12.1 Å². The van der Waals surface area contributed by atoms with Crippen LogP contribution in [0.5, 0.6) is 5.75 Å². The number of nitrogens with one attached hydrogen (secondary N) is 1. The second-order valence-corrected chi connectivity index (χ2v) is 5.07. The number of anilines is 1. The third kappa shape index (κ3) is 3.20. The van der Waals surface area contributed by atoms with E-state index in [1.807, 2.05) is 12.1 Å². The molecule has 0 aliphatic carbocycles. The summed E-state index contributed by atoms with van der Waals surface area (Å²) < 4.78 is 0. The third-order valence-corrected chi connectivity index (χ3v) is 3.59. The van der Waals surface area contributed by atoms with Crippen LogP contribution in [0.1, 0.15) is 18.5 Å². The number of rotatable bonds is 4. The summed E-state index contributed by atoms with van der Waals surface area (Å²) >= 11 is 1.73. The maximum Gasteiger partial charge on any atom is 0.115 e. The molecule has 2 nitrogen and oxygen atoms in total. The van der Waals surface area contributed by atoms with Crippen molar-refractivity contribution < 1.29 is 5.11 Å². The van der Waals surface area contributed by atoms with Crippen molar-refractivity contribution in [3.63, 3.8) is 0 Å². The second kappa shape index (κ2) is 5.83. The average molecular weight is 259 g/mol. The first-order valence-electron chi connectivity index (χ1n) is 5.88. The number of benzene rings is 2. The van der Waals surface area contributed by atoms with E-state index in [0.717, 1.165) is 11.3 Å². The summed E-state index contributed by atoms with van der Waals surface area (Å²) in [7, 11) is 0. The van der Waals surface area contributed by atoms with Gasteiger partial charge in [-0.3, -0.25) is 0 Å². The molecular formula is C15H17NOS.